The van der Waals surface area contributed by atoms with Crippen LogP contribution in [0.1, 0.15) is 21.8 Å². The molecule has 0 saturated heterocycles. The van der Waals surface area contributed by atoms with Gasteiger partial charge in [-0.2, -0.15) is 0 Å². The molecule has 3 N–H and O–H groups in total. The van der Waals surface area contributed by atoms with Gasteiger partial charge in [0.15, 0.2) is 6.61 Å². The topological polar surface area (TPSA) is 142 Å². The minimum atomic E-state index is -3.91. The van der Waals surface area contributed by atoms with E-state index < -0.39 is 28.5 Å². The first-order valence-electron chi connectivity index (χ1n) is 6.70. The summed E-state index contributed by atoms with van der Waals surface area (Å²) < 4.78 is 32.4. The first kappa shape index (κ1) is 17.6. The second-order valence-corrected chi connectivity index (χ2v) is 6.51. The first-order chi connectivity index (χ1) is 11.2. The molecule has 2 aromatic rings. The number of hydrogen-bond acceptors (Lipinski definition) is 7. The van der Waals surface area contributed by atoms with Crippen LogP contribution in [0.25, 0.3) is 0 Å². The van der Waals surface area contributed by atoms with Gasteiger partial charge in [-0.25, -0.2) is 18.4 Å². The van der Waals surface area contributed by atoms with Crippen LogP contribution in [0.5, 0.6) is 0 Å². The third kappa shape index (κ3) is 4.40. The van der Waals surface area contributed by atoms with Crippen molar-refractivity contribution in [3.63, 3.8) is 0 Å². The van der Waals surface area contributed by atoms with Gasteiger partial charge in [0, 0.05) is 11.8 Å². The van der Waals surface area contributed by atoms with Crippen molar-refractivity contribution < 1.29 is 27.3 Å². The van der Waals surface area contributed by atoms with Gasteiger partial charge in [0.05, 0.1) is 10.6 Å². The van der Waals surface area contributed by atoms with E-state index in [9.17, 15) is 18.0 Å². The summed E-state index contributed by atoms with van der Waals surface area (Å²) in [6.45, 7) is 2.64. The van der Waals surface area contributed by atoms with Crippen molar-refractivity contribution in [1.29, 1.82) is 0 Å². The maximum absolute atomic E-state index is 11.8. The number of aryl methyl sites for hydroxylation is 2. The molecular weight excluding hydrogens is 338 g/mol. The molecular formula is C14H15N3O6S. The molecule has 1 amide bonds. The lowest BCUT2D eigenvalue weighted by atomic mass is 10.2. The van der Waals surface area contributed by atoms with Crippen LogP contribution in [0.15, 0.2) is 33.7 Å². The number of nitrogens with zero attached hydrogens (tertiary/aromatic N) is 1. The molecule has 1 heterocycles. The average Bonchev–Trinajstić information content (AvgIpc) is 2.92. The molecule has 0 saturated carbocycles. The summed E-state index contributed by atoms with van der Waals surface area (Å²) in [5.41, 5.74) is 1.16. The van der Waals surface area contributed by atoms with Gasteiger partial charge in [-0.05, 0) is 31.5 Å². The van der Waals surface area contributed by atoms with Gasteiger partial charge in [0.1, 0.15) is 0 Å². The molecule has 9 nitrogen and oxygen atoms in total. The van der Waals surface area contributed by atoms with Crippen LogP contribution in [-0.2, 0) is 19.6 Å². The molecule has 0 fully saturated rings. The minimum absolute atomic E-state index is 0.102. The fraction of sp³-hybridized carbons (Fsp3) is 0.214. The van der Waals surface area contributed by atoms with E-state index in [-0.39, 0.29) is 16.3 Å². The van der Waals surface area contributed by atoms with Crippen molar-refractivity contribution in [2.45, 2.75) is 18.7 Å². The highest BCUT2D eigenvalue weighted by atomic mass is 32.2. The van der Waals surface area contributed by atoms with Crippen LogP contribution < -0.4 is 10.5 Å². The Morgan fingerprint density at radius 2 is 2.00 bits per heavy atom. The van der Waals surface area contributed by atoms with Crippen molar-refractivity contribution in [3.8, 4) is 0 Å². The standard InChI is InChI=1S/C14H15N3O6S/c1-8-3-4-10(6-12(8)24(15,20)21)16-13(18)7-22-14(19)11-5-9(2)17-23-11/h3-6H,7H2,1-2H3,(H,16,18)(H2,15,20,21). The van der Waals surface area contributed by atoms with Crippen LogP contribution in [0, 0.1) is 13.8 Å². The molecule has 0 spiro atoms. The molecule has 0 atom stereocenters. The van der Waals surface area contributed by atoms with E-state index in [1.807, 2.05) is 0 Å². The highest BCUT2D eigenvalue weighted by molar-refractivity contribution is 7.89. The van der Waals surface area contributed by atoms with Gasteiger partial charge < -0.3 is 14.6 Å². The summed E-state index contributed by atoms with van der Waals surface area (Å²) >= 11 is 0. The maximum atomic E-state index is 11.8. The zero-order valence-electron chi connectivity index (χ0n) is 12.9. The molecule has 0 aliphatic carbocycles. The number of nitrogens with one attached hydrogen (secondary N) is 1. The Morgan fingerprint density at radius 3 is 2.58 bits per heavy atom. The Kier molecular flexibility index (Phi) is 5.00. The summed E-state index contributed by atoms with van der Waals surface area (Å²) in [6, 6.07) is 5.60. The van der Waals surface area contributed by atoms with Gasteiger partial charge >= 0.3 is 5.97 Å². The maximum Gasteiger partial charge on any atom is 0.377 e. The predicted molar refractivity (Wildman–Crippen MR) is 82.7 cm³/mol. The molecule has 2 rings (SSSR count). The van der Waals surface area contributed by atoms with Gasteiger partial charge in [-0.15, -0.1) is 0 Å². The van der Waals surface area contributed by atoms with Crippen LogP contribution in [0.2, 0.25) is 0 Å². The zero-order chi connectivity index (χ0) is 17.9. The van der Waals surface area contributed by atoms with Gasteiger partial charge in [0.2, 0.25) is 15.8 Å². The first-order valence-corrected chi connectivity index (χ1v) is 8.25. The Bertz CT molecular complexity index is 888. The summed E-state index contributed by atoms with van der Waals surface area (Å²) in [5, 5.41) is 11.0. The lowest BCUT2D eigenvalue weighted by Crippen LogP contribution is -2.21. The molecule has 0 radical (unpaired) electrons. The van der Waals surface area contributed by atoms with Crippen LogP contribution in [0.4, 0.5) is 5.69 Å². The molecule has 128 valence electrons. The predicted octanol–water partition coefficient (Wildman–Crippen LogP) is 0.734. The lowest BCUT2D eigenvalue weighted by molar-refractivity contribution is -0.119. The Morgan fingerprint density at radius 1 is 1.29 bits per heavy atom. The lowest BCUT2D eigenvalue weighted by Gasteiger charge is -2.09. The largest absolute Gasteiger partial charge is 0.450 e. The number of rotatable bonds is 5. The van der Waals surface area contributed by atoms with Crippen LogP contribution in [-0.4, -0.2) is 32.1 Å². The smallest absolute Gasteiger partial charge is 0.377 e. The second-order valence-electron chi connectivity index (χ2n) is 4.98. The van der Waals surface area contributed by atoms with E-state index in [1.165, 1.54) is 24.3 Å². The summed E-state index contributed by atoms with van der Waals surface area (Å²) in [6.07, 6.45) is 0. The number of primary sulfonamides is 1. The number of benzene rings is 1. The monoisotopic (exact) mass is 353 g/mol. The SMILES string of the molecule is Cc1cc(C(=O)OCC(=O)Nc2ccc(C)c(S(N)(=O)=O)c2)on1. The van der Waals surface area contributed by atoms with E-state index in [2.05, 4.69) is 10.5 Å². The molecule has 24 heavy (non-hydrogen) atoms. The van der Waals surface area contributed by atoms with E-state index in [0.717, 1.165) is 0 Å². The van der Waals surface area contributed by atoms with E-state index in [4.69, 9.17) is 14.4 Å². The van der Waals surface area contributed by atoms with Gasteiger partial charge in [0.25, 0.3) is 5.91 Å². The number of carbonyl (C=O) groups is 2. The molecule has 0 unspecified atom stereocenters. The normalized spacial score (nSPS) is 11.1. The zero-order valence-corrected chi connectivity index (χ0v) is 13.7. The quantitative estimate of drug-likeness (QED) is 0.755. The average molecular weight is 353 g/mol. The van der Waals surface area contributed by atoms with Gasteiger partial charge in [-0.1, -0.05) is 11.2 Å². The van der Waals surface area contributed by atoms with Crippen molar-refractivity contribution in [2.24, 2.45) is 5.14 Å². The summed E-state index contributed by atoms with van der Waals surface area (Å²) in [4.78, 5) is 23.3. The number of esters is 1. The number of hydrogen-bond donors (Lipinski definition) is 2. The summed E-state index contributed by atoms with van der Waals surface area (Å²) in [5.74, 6) is -1.60. The van der Waals surface area contributed by atoms with Crippen LogP contribution >= 0.6 is 0 Å². The number of ether oxygens (including phenoxy) is 1. The van der Waals surface area contributed by atoms with Crippen molar-refractivity contribution >= 4 is 27.6 Å². The van der Waals surface area contributed by atoms with Crippen molar-refractivity contribution in [2.75, 3.05) is 11.9 Å². The minimum Gasteiger partial charge on any atom is -0.450 e. The van der Waals surface area contributed by atoms with Crippen molar-refractivity contribution in [3.05, 3.63) is 41.3 Å². The third-order valence-corrected chi connectivity index (χ3v) is 3.99. The fourth-order valence-corrected chi connectivity index (χ4v) is 2.65. The molecule has 0 aliphatic heterocycles. The Hall–Kier alpha value is -2.72. The molecule has 0 bridgehead atoms. The molecule has 10 heteroatoms. The van der Waals surface area contributed by atoms with Crippen LogP contribution in [0.3, 0.4) is 0 Å². The van der Waals surface area contributed by atoms with Crippen molar-refractivity contribution in [1.82, 2.24) is 5.16 Å². The Balaban J connectivity index is 1.99. The van der Waals surface area contributed by atoms with Gasteiger partial charge in [-0.3, -0.25) is 4.79 Å². The summed E-state index contributed by atoms with van der Waals surface area (Å²) in [7, 11) is -3.91. The molecule has 0 aliphatic rings. The molecule has 1 aromatic heterocycles. The number of carbonyl (C=O) groups excluding carboxylic acids is 2. The second kappa shape index (κ2) is 6.81. The number of sulfonamides is 1. The molecule has 1 aromatic carbocycles. The number of amides is 1. The van der Waals surface area contributed by atoms with E-state index >= 15 is 0 Å². The Labute approximate surface area is 137 Å². The van der Waals surface area contributed by atoms with E-state index in [0.29, 0.717) is 11.3 Å². The van der Waals surface area contributed by atoms with E-state index in [1.54, 1.807) is 13.8 Å². The fourth-order valence-electron chi connectivity index (χ4n) is 1.84. The number of anilines is 1. The third-order valence-electron chi connectivity index (χ3n) is 2.94. The number of nitrogens with two attached hydrogens (primary N) is 1. The number of aromatic nitrogens is 1. The highest BCUT2D eigenvalue weighted by Crippen LogP contribution is 2.19. The highest BCUT2D eigenvalue weighted by Gasteiger charge is 2.16.